The van der Waals surface area contributed by atoms with Crippen LogP contribution in [0.25, 0.3) is 0 Å². The molecule has 1 atom stereocenters. The molecule has 1 unspecified atom stereocenters. The second-order valence-corrected chi connectivity index (χ2v) is 8.14. The Morgan fingerprint density at radius 3 is 2.62 bits per heavy atom. The molecule has 21 heavy (non-hydrogen) atoms. The molecule has 116 valence electrons. The molecule has 1 saturated heterocycles. The molecular weight excluding hydrogens is 314 g/mol. The van der Waals surface area contributed by atoms with E-state index < -0.39 is 27.6 Å². The number of rotatable bonds is 3. The molecule has 1 heterocycles. The van der Waals surface area contributed by atoms with Crippen LogP contribution >= 0.6 is 11.6 Å². The van der Waals surface area contributed by atoms with Gasteiger partial charge in [-0.05, 0) is 51.3 Å². The number of hydrogen-bond donors (Lipinski definition) is 1. The Hall–Kier alpha value is -1.11. The highest BCUT2D eigenvalue weighted by molar-refractivity contribution is 7.89. The molecule has 1 aliphatic rings. The van der Waals surface area contributed by atoms with Crippen LogP contribution in [-0.2, 0) is 14.8 Å². The van der Waals surface area contributed by atoms with Crippen LogP contribution in [0.1, 0.15) is 32.3 Å². The Labute approximate surface area is 129 Å². The van der Waals surface area contributed by atoms with Gasteiger partial charge < -0.3 is 5.11 Å². The molecule has 5 nitrogen and oxygen atoms in total. The Balaban J connectivity index is 2.61. The summed E-state index contributed by atoms with van der Waals surface area (Å²) in [6, 6.07) is 3.57. The molecule has 7 heteroatoms. The minimum Gasteiger partial charge on any atom is -0.480 e. The first-order valence-electron chi connectivity index (χ1n) is 6.61. The molecule has 1 fully saturated rings. The monoisotopic (exact) mass is 331 g/mol. The van der Waals surface area contributed by atoms with E-state index in [-0.39, 0.29) is 4.90 Å². The minimum atomic E-state index is -3.93. The smallest absolute Gasteiger partial charge is 0.322 e. The molecule has 0 spiro atoms. The average Bonchev–Trinajstić information content (AvgIpc) is 2.68. The fourth-order valence-corrected chi connectivity index (χ4v) is 5.29. The molecule has 0 saturated carbocycles. The van der Waals surface area contributed by atoms with Gasteiger partial charge in [-0.1, -0.05) is 17.7 Å². The van der Waals surface area contributed by atoms with Crippen molar-refractivity contribution >= 4 is 27.6 Å². The molecule has 0 radical (unpaired) electrons. The van der Waals surface area contributed by atoms with Crippen molar-refractivity contribution in [1.82, 2.24) is 4.31 Å². The Morgan fingerprint density at radius 1 is 1.43 bits per heavy atom. The maximum absolute atomic E-state index is 12.9. The summed E-state index contributed by atoms with van der Waals surface area (Å²) in [5, 5.41) is 9.63. The number of benzene rings is 1. The van der Waals surface area contributed by atoms with Crippen LogP contribution < -0.4 is 0 Å². The van der Waals surface area contributed by atoms with Crippen molar-refractivity contribution in [2.75, 3.05) is 0 Å². The molecule has 0 amide bonds. The summed E-state index contributed by atoms with van der Waals surface area (Å²) >= 11 is 5.90. The van der Waals surface area contributed by atoms with Gasteiger partial charge in [-0.3, -0.25) is 4.79 Å². The fraction of sp³-hybridized carbons (Fsp3) is 0.500. The van der Waals surface area contributed by atoms with Crippen LogP contribution in [-0.4, -0.2) is 35.4 Å². The van der Waals surface area contributed by atoms with Crippen molar-refractivity contribution < 1.29 is 18.3 Å². The minimum absolute atomic E-state index is 0.0659. The number of carboxylic acids is 1. The van der Waals surface area contributed by atoms with E-state index in [1.54, 1.807) is 32.9 Å². The van der Waals surface area contributed by atoms with E-state index in [1.807, 2.05) is 0 Å². The van der Waals surface area contributed by atoms with Gasteiger partial charge in [0, 0.05) is 10.6 Å². The third-order valence-corrected chi connectivity index (χ3v) is 6.38. The van der Waals surface area contributed by atoms with E-state index in [9.17, 15) is 18.3 Å². The van der Waals surface area contributed by atoms with Crippen molar-refractivity contribution in [1.29, 1.82) is 0 Å². The van der Waals surface area contributed by atoms with E-state index in [2.05, 4.69) is 0 Å². The second kappa shape index (κ2) is 5.26. The molecule has 1 aliphatic heterocycles. The number of carboxylic acid groups (broad SMARTS) is 1. The van der Waals surface area contributed by atoms with Crippen LogP contribution in [0.3, 0.4) is 0 Å². The predicted octanol–water partition coefficient (Wildman–Crippen LogP) is 2.66. The summed E-state index contributed by atoms with van der Waals surface area (Å²) in [4.78, 5) is 11.5. The van der Waals surface area contributed by atoms with Crippen LogP contribution in [0.15, 0.2) is 23.1 Å². The maximum atomic E-state index is 12.9. The van der Waals surface area contributed by atoms with Crippen molar-refractivity contribution in [2.24, 2.45) is 0 Å². The zero-order valence-corrected chi connectivity index (χ0v) is 13.7. The van der Waals surface area contributed by atoms with Gasteiger partial charge in [-0.15, -0.1) is 0 Å². The van der Waals surface area contributed by atoms with Crippen LogP contribution in [0.2, 0.25) is 5.02 Å². The zero-order chi connectivity index (χ0) is 16.0. The van der Waals surface area contributed by atoms with Crippen molar-refractivity contribution in [3.63, 3.8) is 0 Å². The van der Waals surface area contributed by atoms with E-state index in [0.717, 1.165) is 4.31 Å². The molecule has 2 rings (SSSR count). The number of aryl methyl sites for hydroxylation is 1. The van der Waals surface area contributed by atoms with E-state index in [4.69, 9.17) is 11.6 Å². The lowest BCUT2D eigenvalue weighted by Gasteiger charge is -2.33. The SMILES string of the molecule is Cc1ccc(Cl)cc1S(=O)(=O)N1C(C(=O)O)CCC1(C)C. The lowest BCUT2D eigenvalue weighted by atomic mass is 10.0. The van der Waals surface area contributed by atoms with Gasteiger partial charge in [0.2, 0.25) is 10.0 Å². The number of sulfonamides is 1. The average molecular weight is 332 g/mol. The fourth-order valence-electron chi connectivity index (χ4n) is 2.81. The molecule has 1 N–H and O–H groups in total. The number of nitrogens with zero attached hydrogens (tertiary/aromatic N) is 1. The highest BCUT2D eigenvalue weighted by Crippen LogP contribution is 2.39. The molecule has 1 aromatic rings. The Morgan fingerprint density at radius 2 is 2.05 bits per heavy atom. The lowest BCUT2D eigenvalue weighted by Crippen LogP contribution is -2.49. The Bertz CT molecular complexity index is 684. The quantitative estimate of drug-likeness (QED) is 0.924. The van der Waals surface area contributed by atoms with Crippen LogP contribution in [0.5, 0.6) is 0 Å². The summed E-state index contributed by atoms with van der Waals surface area (Å²) < 4.78 is 27.0. The van der Waals surface area contributed by atoms with E-state index >= 15 is 0 Å². The summed E-state index contributed by atoms with van der Waals surface area (Å²) in [7, 11) is -3.93. The normalized spacial score (nSPS) is 22.4. The highest BCUT2D eigenvalue weighted by Gasteiger charge is 2.50. The second-order valence-electron chi connectivity index (χ2n) is 5.92. The van der Waals surface area contributed by atoms with Crippen LogP contribution in [0, 0.1) is 6.92 Å². The molecule has 0 aliphatic carbocycles. The van der Waals surface area contributed by atoms with Gasteiger partial charge in [0.1, 0.15) is 6.04 Å². The highest BCUT2D eigenvalue weighted by atomic mass is 35.5. The molecule has 1 aromatic carbocycles. The van der Waals surface area contributed by atoms with Gasteiger partial charge >= 0.3 is 5.97 Å². The van der Waals surface area contributed by atoms with Crippen molar-refractivity contribution in [3.8, 4) is 0 Å². The summed E-state index contributed by atoms with van der Waals surface area (Å²) in [6.07, 6.45) is 0.810. The molecule has 0 aromatic heterocycles. The number of carbonyl (C=O) groups is 1. The van der Waals surface area contributed by atoms with Gasteiger partial charge in [0.25, 0.3) is 0 Å². The largest absolute Gasteiger partial charge is 0.480 e. The first-order valence-corrected chi connectivity index (χ1v) is 8.43. The topological polar surface area (TPSA) is 74.7 Å². The van der Waals surface area contributed by atoms with Crippen molar-refractivity contribution in [3.05, 3.63) is 28.8 Å². The van der Waals surface area contributed by atoms with Crippen LogP contribution in [0.4, 0.5) is 0 Å². The van der Waals surface area contributed by atoms with Gasteiger partial charge in [-0.25, -0.2) is 8.42 Å². The van der Waals surface area contributed by atoms with Gasteiger partial charge in [0.05, 0.1) is 4.90 Å². The summed E-state index contributed by atoms with van der Waals surface area (Å²) in [5.41, 5.74) is -0.192. The molecule has 0 bridgehead atoms. The number of hydrogen-bond acceptors (Lipinski definition) is 3. The zero-order valence-electron chi connectivity index (χ0n) is 12.1. The van der Waals surface area contributed by atoms with Gasteiger partial charge in [-0.2, -0.15) is 4.31 Å². The molecular formula is C14H18ClNO4S. The maximum Gasteiger partial charge on any atom is 0.322 e. The summed E-state index contributed by atoms with van der Waals surface area (Å²) in [6.45, 7) is 5.16. The van der Waals surface area contributed by atoms with Crippen molar-refractivity contribution in [2.45, 2.75) is 50.1 Å². The third kappa shape index (κ3) is 2.80. The Kier molecular flexibility index (Phi) is 4.08. The number of aliphatic carboxylic acids is 1. The predicted molar refractivity (Wildman–Crippen MR) is 80.0 cm³/mol. The lowest BCUT2D eigenvalue weighted by molar-refractivity contribution is -0.141. The first-order chi connectivity index (χ1) is 9.57. The number of halogens is 1. The van der Waals surface area contributed by atoms with E-state index in [1.165, 1.54) is 6.07 Å². The standard InChI is InChI=1S/C14H18ClNO4S/c1-9-4-5-10(15)8-12(9)21(19,20)16-11(13(17)18)6-7-14(16,2)3/h4-5,8,11H,6-7H2,1-3H3,(H,17,18). The third-order valence-electron chi connectivity index (χ3n) is 3.88. The van der Waals surface area contributed by atoms with E-state index in [0.29, 0.717) is 23.4 Å². The first kappa shape index (κ1) is 16.3. The summed E-state index contributed by atoms with van der Waals surface area (Å²) in [5.74, 6) is -1.12. The van der Waals surface area contributed by atoms with Gasteiger partial charge in [0.15, 0.2) is 0 Å².